The molecule has 1 aromatic rings. The van der Waals surface area contributed by atoms with Gasteiger partial charge in [-0.25, -0.2) is 0 Å². The third-order valence-electron chi connectivity index (χ3n) is 2.34. The first-order valence-corrected chi connectivity index (χ1v) is 4.38. The Labute approximate surface area is 76.9 Å². The lowest BCUT2D eigenvalue weighted by Crippen LogP contribution is -2.30. The summed E-state index contributed by atoms with van der Waals surface area (Å²) in [4.78, 5) is 11.1. The molecule has 13 heavy (non-hydrogen) atoms. The number of nitrogens with one attached hydrogen (secondary N) is 1. The predicted molar refractivity (Wildman–Crippen MR) is 49.9 cm³/mol. The number of carbonyl (C=O) groups excluding carboxylic acids is 1. The van der Waals surface area contributed by atoms with Gasteiger partial charge in [0, 0.05) is 0 Å². The van der Waals surface area contributed by atoms with E-state index >= 15 is 0 Å². The van der Waals surface area contributed by atoms with Gasteiger partial charge in [-0.1, -0.05) is 30.3 Å². The van der Waals surface area contributed by atoms with Crippen LogP contribution in [0.5, 0.6) is 0 Å². The summed E-state index contributed by atoms with van der Waals surface area (Å²) in [5.41, 5.74) is 6.72. The Kier molecular flexibility index (Phi) is 2.02. The molecule has 3 heteroatoms. The number of amides is 1. The maximum Gasteiger partial charge on any atom is 0.237 e. The molecule has 0 aliphatic carbocycles. The molecule has 1 fully saturated rings. The van der Waals surface area contributed by atoms with Crippen LogP contribution in [0.2, 0.25) is 0 Å². The molecule has 0 saturated carbocycles. The van der Waals surface area contributed by atoms with Gasteiger partial charge in [0.1, 0.15) is 0 Å². The molecule has 2 rings (SSSR count). The Morgan fingerprint density at radius 2 is 2.00 bits per heavy atom. The van der Waals surface area contributed by atoms with Crippen molar-refractivity contribution in [3.63, 3.8) is 0 Å². The maximum absolute atomic E-state index is 11.1. The third-order valence-corrected chi connectivity index (χ3v) is 2.34. The van der Waals surface area contributed by atoms with Crippen LogP contribution in [0.3, 0.4) is 0 Å². The fraction of sp³-hybridized carbons (Fsp3) is 0.300. The Hall–Kier alpha value is -1.35. The van der Waals surface area contributed by atoms with Crippen molar-refractivity contribution in [3.8, 4) is 0 Å². The molecule has 1 aliphatic heterocycles. The van der Waals surface area contributed by atoms with Crippen LogP contribution in [0, 0.1) is 0 Å². The van der Waals surface area contributed by atoms with Crippen LogP contribution in [-0.2, 0) is 4.79 Å². The van der Waals surface area contributed by atoms with Crippen molar-refractivity contribution in [1.29, 1.82) is 0 Å². The highest BCUT2D eigenvalue weighted by Gasteiger charge is 2.29. The van der Waals surface area contributed by atoms with Crippen molar-refractivity contribution >= 4 is 5.91 Å². The number of hydrogen-bond acceptors (Lipinski definition) is 2. The van der Waals surface area contributed by atoms with Crippen LogP contribution in [-0.4, -0.2) is 11.9 Å². The highest BCUT2D eigenvalue weighted by Crippen LogP contribution is 2.22. The van der Waals surface area contributed by atoms with Gasteiger partial charge in [0.25, 0.3) is 0 Å². The molecule has 0 unspecified atom stereocenters. The monoisotopic (exact) mass is 176 g/mol. The number of hydrogen-bond donors (Lipinski definition) is 2. The van der Waals surface area contributed by atoms with Crippen LogP contribution in [0.15, 0.2) is 30.3 Å². The van der Waals surface area contributed by atoms with Crippen LogP contribution in [0.1, 0.15) is 18.0 Å². The van der Waals surface area contributed by atoms with Crippen molar-refractivity contribution in [3.05, 3.63) is 35.9 Å². The average molecular weight is 176 g/mol. The minimum Gasteiger partial charge on any atom is -0.348 e. The minimum atomic E-state index is -0.342. The highest BCUT2D eigenvalue weighted by molar-refractivity contribution is 5.84. The van der Waals surface area contributed by atoms with Crippen LogP contribution in [0.4, 0.5) is 0 Å². The second-order valence-electron chi connectivity index (χ2n) is 3.31. The van der Waals surface area contributed by atoms with Crippen molar-refractivity contribution in [2.45, 2.75) is 18.5 Å². The molecule has 2 atom stereocenters. The van der Waals surface area contributed by atoms with Crippen molar-refractivity contribution in [2.24, 2.45) is 5.73 Å². The molecule has 1 aliphatic rings. The lowest BCUT2D eigenvalue weighted by Gasteiger charge is -2.08. The van der Waals surface area contributed by atoms with E-state index in [1.165, 1.54) is 0 Å². The molecular formula is C10H12N2O. The molecule has 3 N–H and O–H groups in total. The number of benzene rings is 1. The van der Waals surface area contributed by atoms with Gasteiger partial charge >= 0.3 is 0 Å². The van der Waals surface area contributed by atoms with Gasteiger partial charge in [0.05, 0.1) is 12.1 Å². The molecule has 68 valence electrons. The summed E-state index contributed by atoms with van der Waals surface area (Å²) in [7, 11) is 0. The zero-order valence-corrected chi connectivity index (χ0v) is 7.23. The molecule has 1 heterocycles. The fourth-order valence-corrected chi connectivity index (χ4v) is 1.60. The van der Waals surface area contributed by atoms with E-state index in [9.17, 15) is 4.79 Å². The molecule has 3 nitrogen and oxygen atoms in total. The molecule has 1 aromatic carbocycles. The van der Waals surface area contributed by atoms with Gasteiger partial charge in [-0.15, -0.1) is 0 Å². The second-order valence-corrected chi connectivity index (χ2v) is 3.31. The van der Waals surface area contributed by atoms with Gasteiger partial charge in [-0.2, -0.15) is 0 Å². The van der Waals surface area contributed by atoms with E-state index < -0.39 is 0 Å². The lowest BCUT2D eigenvalue weighted by molar-refractivity contribution is -0.120. The predicted octanol–water partition coefficient (Wildman–Crippen LogP) is 0.575. The summed E-state index contributed by atoms with van der Waals surface area (Å²) in [6.45, 7) is 0. The topological polar surface area (TPSA) is 55.1 Å². The number of rotatable bonds is 1. The number of nitrogens with two attached hydrogens (primary N) is 1. The average Bonchev–Trinajstić information content (AvgIpc) is 2.49. The number of carbonyl (C=O) groups is 1. The summed E-state index contributed by atoms with van der Waals surface area (Å²) < 4.78 is 0. The molecular weight excluding hydrogens is 164 g/mol. The first kappa shape index (κ1) is 8.26. The van der Waals surface area contributed by atoms with Gasteiger partial charge < -0.3 is 11.1 Å². The molecule has 0 aromatic heterocycles. The summed E-state index contributed by atoms with van der Waals surface area (Å²) in [5, 5.41) is 2.86. The van der Waals surface area contributed by atoms with E-state index in [-0.39, 0.29) is 18.0 Å². The van der Waals surface area contributed by atoms with Gasteiger partial charge in [0.15, 0.2) is 0 Å². The summed E-state index contributed by atoms with van der Waals surface area (Å²) in [6.07, 6.45) is 0.697. The van der Waals surface area contributed by atoms with Crippen LogP contribution >= 0.6 is 0 Å². The van der Waals surface area contributed by atoms with E-state index in [4.69, 9.17) is 5.73 Å². The van der Waals surface area contributed by atoms with Crippen LogP contribution in [0.25, 0.3) is 0 Å². The Morgan fingerprint density at radius 3 is 2.54 bits per heavy atom. The molecule has 1 amide bonds. The second kappa shape index (κ2) is 3.18. The minimum absolute atomic E-state index is 0.0474. The summed E-state index contributed by atoms with van der Waals surface area (Å²) >= 11 is 0. The van der Waals surface area contributed by atoms with Crippen LogP contribution < -0.4 is 11.1 Å². The first-order chi connectivity index (χ1) is 6.27. The zero-order valence-electron chi connectivity index (χ0n) is 7.23. The quantitative estimate of drug-likeness (QED) is 0.657. The molecule has 0 spiro atoms. The van der Waals surface area contributed by atoms with E-state index in [1.54, 1.807) is 0 Å². The van der Waals surface area contributed by atoms with Gasteiger partial charge in [-0.05, 0) is 12.0 Å². The third kappa shape index (κ3) is 1.55. The maximum atomic E-state index is 11.1. The largest absolute Gasteiger partial charge is 0.348 e. The smallest absolute Gasteiger partial charge is 0.237 e. The van der Waals surface area contributed by atoms with Gasteiger partial charge in [0.2, 0.25) is 5.91 Å². The normalized spacial score (nSPS) is 27.3. The Morgan fingerprint density at radius 1 is 1.31 bits per heavy atom. The zero-order chi connectivity index (χ0) is 9.26. The standard InChI is InChI=1S/C10H12N2O/c11-8-6-9(12-10(8)13)7-4-2-1-3-5-7/h1-5,8-9H,6,11H2,(H,12,13)/t8-,9+/m1/s1. The highest BCUT2D eigenvalue weighted by atomic mass is 16.2. The van der Waals surface area contributed by atoms with E-state index in [1.807, 2.05) is 30.3 Å². The summed E-state index contributed by atoms with van der Waals surface area (Å²) in [6, 6.07) is 9.65. The van der Waals surface area contributed by atoms with E-state index in [2.05, 4.69) is 5.32 Å². The molecule has 1 saturated heterocycles. The fourth-order valence-electron chi connectivity index (χ4n) is 1.60. The van der Waals surface area contributed by atoms with E-state index in [0.717, 1.165) is 5.56 Å². The SMILES string of the molecule is N[C@@H]1C[C@@H](c2ccccc2)NC1=O. The lowest BCUT2D eigenvalue weighted by atomic mass is 10.0. The summed E-state index contributed by atoms with van der Waals surface area (Å²) in [5.74, 6) is -0.0474. The molecule has 0 radical (unpaired) electrons. The van der Waals surface area contributed by atoms with Crippen molar-refractivity contribution in [2.75, 3.05) is 0 Å². The van der Waals surface area contributed by atoms with E-state index in [0.29, 0.717) is 6.42 Å². The first-order valence-electron chi connectivity index (χ1n) is 4.38. The van der Waals surface area contributed by atoms with Crippen molar-refractivity contribution < 1.29 is 4.79 Å². The Bertz CT molecular complexity index is 310. The van der Waals surface area contributed by atoms with Gasteiger partial charge in [-0.3, -0.25) is 4.79 Å². The van der Waals surface area contributed by atoms with Crippen molar-refractivity contribution in [1.82, 2.24) is 5.32 Å². The Balaban J connectivity index is 2.17. The molecule has 0 bridgehead atoms.